The predicted octanol–water partition coefficient (Wildman–Crippen LogP) is 14.4. The van der Waals surface area contributed by atoms with Crippen molar-refractivity contribution in [2.75, 3.05) is 0 Å². The van der Waals surface area contributed by atoms with E-state index in [9.17, 15) is 0 Å². The van der Waals surface area contributed by atoms with Crippen molar-refractivity contribution in [3.05, 3.63) is 198 Å². The van der Waals surface area contributed by atoms with Gasteiger partial charge in [0.25, 0.3) is 0 Å². The summed E-state index contributed by atoms with van der Waals surface area (Å²) in [5.74, 6) is 1.34. The van der Waals surface area contributed by atoms with E-state index in [1.54, 1.807) is 0 Å². The number of hydrogen-bond acceptors (Lipinski definition) is 4. The fourth-order valence-electron chi connectivity index (χ4n) is 8.30. The summed E-state index contributed by atoms with van der Waals surface area (Å²) in [5, 5.41) is 3.20. The zero-order valence-electron chi connectivity index (χ0n) is 39.3. The quantitative estimate of drug-likeness (QED) is 0.107. The van der Waals surface area contributed by atoms with Gasteiger partial charge in [-0.05, 0) is 87.2 Å². The molecule has 64 heavy (non-hydrogen) atoms. The van der Waals surface area contributed by atoms with Gasteiger partial charge in [-0.15, -0.1) is 54.1 Å². The first-order chi connectivity index (χ1) is 31.3. The van der Waals surface area contributed by atoms with Crippen LogP contribution in [0.25, 0.3) is 72.6 Å². The number of imidazole rings is 1. The van der Waals surface area contributed by atoms with E-state index in [1.165, 1.54) is 22.3 Å². The molecular weight excluding hydrogens is 977 g/mol. The Morgan fingerprint density at radius 2 is 1.38 bits per heavy atom. The number of aromatic nitrogens is 4. The van der Waals surface area contributed by atoms with Gasteiger partial charge >= 0.3 is 0 Å². The van der Waals surface area contributed by atoms with Crippen molar-refractivity contribution >= 4 is 46.4 Å². The maximum absolute atomic E-state index is 8.84. The zero-order valence-corrected chi connectivity index (χ0v) is 40.7. The molecule has 0 N–H and O–H groups in total. The first-order valence-electron chi connectivity index (χ1n) is 22.7. The third kappa shape index (κ3) is 8.94. The molecule has 0 saturated carbocycles. The summed E-state index contributed by atoms with van der Waals surface area (Å²) in [6, 6.07) is 57.1. The van der Waals surface area contributed by atoms with E-state index in [1.807, 2.05) is 109 Å². The maximum atomic E-state index is 8.84. The first-order valence-corrected chi connectivity index (χ1v) is 25.2. The van der Waals surface area contributed by atoms with Crippen LogP contribution in [0.5, 0.6) is 0 Å². The second kappa shape index (κ2) is 18.8. The molecule has 10 rings (SSSR count). The maximum Gasteiger partial charge on any atom is 0.155 e. The fourth-order valence-corrected chi connectivity index (χ4v) is 9.69. The molecule has 5 nitrogen and oxygen atoms in total. The Hall–Kier alpha value is -6.24. The van der Waals surface area contributed by atoms with Gasteiger partial charge in [0.15, 0.2) is 5.65 Å². The molecule has 10 aromatic rings. The molecule has 0 spiro atoms. The van der Waals surface area contributed by atoms with Crippen LogP contribution in [0.4, 0.5) is 0 Å². The van der Waals surface area contributed by atoms with Crippen LogP contribution in [-0.4, -0.2) is 27.6 Å². The number of fused-ring (bicyclic) bond motifs is 4. The van der Waals surface area contributed by atoms with E-state index in [0.29, 0.717) is 5.56 Å². The zero-order chi connectivity index (χ0) is 45.5. The molecule has 1 radical (unpaired) electrons. The van der Waals surface area contributed by atoms with Gasteiger partial charge in [-0.25, -0.2) is 4.98 Å². The average molecular weight is 1030 g/mol. The standard InChI is InChI=1S/C36H30N3O.C21H22NSi.Ir/c1-22(2)29-20-25(24-12-6-5-7-13-24)21-30(23(3)4)33(29)39-35(38-31-17-11-19-37-36(31)39)28-16-10-15-27-26-14-8-9-18-32(26)40-34(27)28;1-23(2,3)21-16-22-20(18-12-8-5-9-13-18)15-19(21)14-17-10-6-4-7-11-17;/h5-15,17-23H,1-4H3;4-12,15-16H,14H2,1-3H3;/q2*-1;/i;14D2;. The first kappa shape index (κ1) is 41.7. The van der Waals surface area contributed by atoms with Crippen LogP contribution in [-0.2, 0) is 26.5 Å². The van der Waals surface area contributed by atoms with Crippen molar-refractivity contribution in [3.8, 4) is 39.5 Å². The summed E-state index contributed by atoms with van der Waals surface area (Å²) in [7, 11) is -1.76. The largest absolute Gasteiger partial charge is 0.501 e. The molecular formula is C57H52IrN4OSi-2. The third-order valence-corrected chi connectivity index (χ3v) is 13.5. The molecule has 6 aromatic carbocycles. The second-order valence-corrected chi connectivity index (χ2v) is 22.7. The van der Waals surface area contributed by atoms with Crippen molar-refractivity contribution in [3.63, 3.8) is 0 Å². The molecule has 321 valence electrons. The van der Waals surface area contributed by atoms with E-state index < -0.39 is 14.4 Å². The Balaban J connectivity index is 0.000000197. The third-order valence-electron chi connectivity index (χ3n) is 11.5. The minimum absolute atomic E-state index is 0. The number of pyridine rings is 2. The summed E-state index contributed by atoms with van der Waals surface area (Å²) in [5.41, 5.74) is 13.3. The molecule has 0 amide bonds. The van der Waals surface area contributed by atoms with Gasteiger partial charge in [-0.1, -0.05) is 149 Å². The predicted molar refractivity (Wildman–Crippen MR) is 265 cm³/mol. The van der Waals surface area contributed by atoms with E-state index >= 15 is 0 Å². The molecule has 0 aliphatic carbocycles. The molecule has 0 bridgehead atoms. The van der Waals surface area contributed by atoms with Gasteiger partial charge in [-0.3, -0.25) is 4.98 Å². The molecule has 0 aliphatic heterocycles. The molecule has 0 aliphatic rings. The summed E-state index contributed by atoms with van der Waals surface area (Å²) in [6.07, 6.45) is 2.15. The van der Waals surface area contributed by atoms with Gasteiger partial charge in [0.1, 0.15) is 5.58 Å². The molecule has 7 heteroatoms. The van der Waals surface area contributed by atoms with Crippen LogP contribution in [0.1, 0.15) is 64.5 Å². The summed E-state index contributed by atoms with van der Waals surface area (Å²) in [4.78, 5) is 14.7. The van der Waals surface area contributed by atoms with Crippen LogP contribution in [0, 0.1) is 12.1 Å². The molecule has 4 heterocycles. The van der Waals surface area contributed by atoms with Crippen molar-refractivity contribution in [2.45, 2.75) is 65.5 Å². The minimum Gasteiger partial charge on any atom is -0.501 e. The Kier molecular flexibility index (Phi) is 12.3. The van der Waals surface area contributed by atoms with Gasteiger partial charge in [0.05, 0.1) is 25.0 Å². The monoisotopic (exact) mass is 1030 g/mol. The number of nitrogens with zero attached hydrogens (tertiary/aromatic N) is 4. The number of para-hydroxylation sites is 1. The van der Waals surface area contributed by atoms with Crippen LogP contribution in [0.15, 0.2) is 168 Å². The molecule has 4 aromatic heterocycles. The van der Waals surface area contributed by atoms with Crippen molar-refractivity contribution < 1.29 is 27.3 Å². The molecule has 0 fully saturated rings. The van der Waals surface area contributed by atoms with Crippen molar-refractivity contribution in [2.24, 2.45) is 0 Å². The Labute approximate surface area is 394 Å². The Morgan fingerprint density at radius 3 is 2.06 bits per heavy atom. The number of hydrogen-bond donors (Lipinski definition) is 0. The topological polar surface area (TPSA) is 56.7 Å². The van der Waals surface area contributed by atoms with Gasteiger partial charge in [0.2, 0.25) is 0 Å². The molecule has 0 unspecified atom stereocenters. The van der Waals surface area contributed by atoms with Crippen LogP contribution < -0.4 is 5.19 Å². The summed E-state index contributed by atoms with van der Waals surface area (Å²) in [6.45, 7) is 15.7. The normalized spacial score (nSPS) is 12.3. The van der Waals surface area contributed by atoms with Gasteiger partial charge in [-0.2, -0.15) is 0 Å². The SMILES string of the molecule is CC(C)c1cc(-c2ccccc2)cc(C(C)C)c1-n1c(-c2[c-]ccc3c2oc2ccccc23)nc2cccnc21.[2H]C([2H])(c1ccccc1)c1cc(-c2[c-]cccc2)ncc1[Si](C)(C)C.[Ir]. The minimum atomic E-state index is -1.76. The van der Waals surface area contributed by atoms with Crippen LogP contribution >= 0.6 is 0 Å². The second-order valence-electron chi connectivity index (χ2n) is 17.6. The summed E-state index contributed by atoms with van der Waals surface area (Å²) < 4.78 is 26.4. The van der Waals surface area contributed by atoms with E-state index in [0.717, 1.165) is 72.2 Å². The fraction of sp³-hybridized carbons (Fsp3) is 0.175. The Bertz CT molecular complexity index is 3260. The Morgan fingerprint density at radius 1 is 0.688 bits per heavy atom. The van der Waals surface area contributed by atoms with Crippen LogP contribution in [0.3, 0.4) is 0 Å². The van der Waals surface area contributed by atoms with Crippen molar-refractivity contribution in [1.29, 1.82) is 0 Å². The molecule has 0 saturated heterocycles. The van der Waals surface area contributed by atoms with Gasteiger partial charge < -0.3 is 14.0 Å². The number of rotatable bonds is 9. The van der Waals surface area contributed by atoms with E-state index in [2.05, 4.69) is 124 Å². The van der Waals surface area contributed by atoms with Crippen molar-refractivity contribution in [1.82, 2.24) is 19.5 Å². The number of furan rings is 1. The van der Waals surface area contributed by atoms with Gasteiger partial charge in [0, 0.05) is 46.3 Å². The smallest absolute Gasteiger partial charge is 0.155 e. The molecule has 0 atom stereocenters. The average Bonchev–Trinajstić information content (AvgIpc) is 3.90. The summed E-state index contributed by atoms with van der Waals surface area (Å²) >= 11 is 0. The number of benzene rings is 6. The van der Waals surface area contributed by atoms with E-state index in [-0.39, 0.29) is 31.9 Å². The van der Waals surface area contributed by atoms with E-state index in [4.69, 9.17) is 17.1 Å². The van der Waals surface area contributed by atoms with Crippen LogP contribution in [0.2, 0.25) is 19.6 Å².